The lowest BCUT2D eigenvalue weighted by molar-refractivity contribution is 0.267. The van der Waals surface area contributed by atoms with Crippen molar-refractivity contribution in [1.29, 1.82) is 0 Å². The highest BCUT2D eigenvalue weighted by Crippen LogP contribution is 2.10. The molecule has 17 heavy (non-hydrogen) atoms. The summed E-state index contributed by atoms with van der Waals surface area (Å²) < 4.78 is 0. The summed E-state index contributed by atoms with van der Waals surface area (Å²) >= 11 is 0. The van der Waals surface area contributed by atoms with Crippen molar-refractivity contribution >= 4 is 0 Å². The highest BCUT2D eigenvalue weighted by molar-refractivity contribution is 5.21. The van der Waals surface area contributed by atoms with Crippen LogP contribution in [0.5, 0.6) is 0 Å². The Kier molecular flexibility index (Phi) is 5.66. The van der Waals surface area contributed by atoms with Crippen LogP contribution >= 0.6 is 0 Å². The lowest BCUT2D eigenvalue weighted by Crippen LogP contribution is -2.39. The van der Waals surface area contributed by atoms with Crippen molar-refractivity contribution < 1.29 is 0 Å². The van der Waals surface area contributed by atoms with Gasteiger partial charge in [0.05, 0.1) is 0 Å². The number of benzene rings is 1. The van der Waals surface area contributed by atoms with Crippen molar-refractivity contribution in [3.63, 3.8) is 0 Å². The van der Waals surface area contributed by atoms with E-state index in [4.69, 9.17) is 5.73 Å². The molecule has 2 atom stereocenters. The van der Waals surface area contributed by atoms with Crippen molar-refractivity contribution in [2.75, 3.05) is 13.6 Å². The van der Waals surface area contributed by atoms with Gasteiger partial charge in [0, 0.05) is 19.1 Å². The summed E-state index contributed by atoms with van der Waals surface area (Å²) in [6, 6.07) is 8.94. The van der Waals surface area contributed by atoms with Gasteiger partial charge in [0.2, 0.25) is 0 Å². The molecule has 0 heterocycles. The summed E-state index contributed by atoms with van der Waals surface area (Å²) in [7, 11) is 2.14. The van der Waals surface area contributed by atoms with E-state index in [0.29, 0.717) is 5.92 Å². The van der Waals surface area contributed by atoms with Crippen LogP contribution in [-0.2, 0) is 6.54 Å². The van der Waals surface area contributed by atoms with Gasteiger partial charge >= 0.3 is 0 Å². The van der Waals surface area contributed by atoms with Gasteiger partial charge in [-0.3, -0.25) is 0 Å². The Labute approximate surface area is 106 Å². The summed E-state index contributed by atoms with van der Waals surface area (Å²) in [5, 5.41) is 0. The van der Waals surface area contributed by atoms with Crippen LogP contribution < -0.4 is 5.73 Å². The molecule has 0 bridgehead atoms. The molecule has 2 heteroatoms. The molecule has 1 aromatic rings. The second-order valence-corrected chi connectivity index (χ2v) is 5.24. The standard InChI is InChI=1S/C15H26N2/c1-5-13(3)15(16)11-17(4)10-14-8-6-7-12(2)9-14/h6-9,13,15H,5,10-11,16H2,1-4H3. The molecule has 2 N–H and O–H groups in total. The summed E-state index contributed by atoms with van der Waals surface area (Å²) in [6.07, 6.45) is 1.15. The first-order chi connectivity index (χ1) is 8.02. The SMILES string of the molecule is CCC(C)C(N)CN(C)Cc1cccc(C)c1. The largest absolute Gasteiger partial charge is 0.326 e. The van der Waals surface area contributed by atoms with E-state index in [1.165, 1.54) is 11.1 Å². The first kappa shape index (κ1) is 14.2. The number of aryl methyl sites for hydroxylation is 1. The molecule has 1 aromatic carbocycles. The second kappa shape index (κ2) is 6.77. The average molecular weight is 234 g/mol. The predicted octanol–water partition coefficient (Wildman–Crippen LogP) is 2.80. The molecule has 0 amide bonds. The minimum atomic E-state index is 0.273. The van der Waals surface area contributed by atoms with Crippen molar-refractivity contribution in [3.8, 4) is 0 Å². The van der Waals surface area contributed by atoms with Crippen LogP contribution in [0.25, 0.3) is 0 Å². The molecule has 0 aliphatic rings. The fraction of sp³-hybridized carbons (Fsp3) is 0.600. The lowest BCUT2D eigenvalue weighted by Gasteiger charge is -2.25. The molecule has 0 aromatic heterocycles. The zero-order chi connectivity index (χ0) is 12.8. The van der Waals surface area contributed by atoms with Gasteiger partial charge in [-0.2, -0.15) is 0 Å². The third-order valence-electron chi connectivity index (χ3n) is 3.43. The van der Waals surface area contributed by atoms with Crippen molar-refractivity contribution in [1.82, 2.24) is 4.90 Å². The maximum absolute atomic E-state index is 6.17. The third kappa shape index (κ3) is 4.88. The van der Waals surface area contributed by atoms with Crippen LogP contribution in [0.4, 0.5) is 0 Å². The van der Waals surface area contributed by atoms with Crippen LogP contribution in [-0.4, -0.2) is 24.5 Å². The Balaban J connectivity index is 2.47. The van der Waals surface area contributed by atoms with Crippen LogP contribution in [0, 0.1) is 12.8 Å². The van der Waals surface area contributed by atoms with E-state index in [0.717, 1.165) is 19.5 Å². The Morgan fingerprint density at radius 1 is 1.35 bits per heavy atom. The van der Waals surface area contributed by atoms with Gasteiger partial charge in [-0.25, -0.2) is 0 Å². The minimum Gasteiger partial charge on any atom is -0.326 e. The zero-order valence-electron chi connectivity index (χ0n) is 11.6. The van der Waals surface area contributed by atoms with Crippen LogP contribution in [0.1, 0.15) is 31.4 Å². The zero-order valence-corrected chi connectivity index (χ0v) is 11.6. The molecule has 0 saturated heterocycles. The van der Waals surface area contributed by atoms with Gasteiger partial charge < -0.3 is 10.6 Å². The molecule has 2 nitrogen and oxygen atoms in total. The predicted molar refractivity (Wildman–Crippen MR) is 74.9 cm³/mol. The number of hydrogen-bond acceptors (Lipinski definition) is 2. The summed E-state index contributed by atoms with van der Waals surface area (Å²) in [5.41, 5.74) is 8.86. The molecule has 0 fully saturated rings. The first-order valence-electron chi connectivity index (χ1n) is 6.52. The van der Waals surface area contributed by atoms with E-state index in [1.807, 2.05) is 0 Å². The van der Waals surface area contributed by atoms with E-state index in [-0.39, 0.29) is 6.04 Å². The monoisotopic (exact) mass is 234 g/mol. The van der Waals surface area contributed by atoms with E-state index in [2.05, 4.69) is 57.0 Å². The van der Waals surface area contributed by atoms with Gasteiger partial charge in [0.25, 0.3) is 0 Å². The smallest absolute Gasteiger partial charge is 0.0231 e. The molecule has 1 rings (SSSR count). The van der Waals surface area contributed by atoms with Gasteiger partial charge in [-0.05, 0) is 25.5 Å². The van der Waals surface area contributed by atoms with Gasteiger partial charge in [-0.1, -0.05) is 50.1 Å². The first-order valence-corrected chi connectivity index (χ1v) is 6.52. The van der Waals surface area contributed by atoms with Crippen LogP contribution in [0.2, 0.25) is 0 Å². The molecular formula is C15H26N2. The summed E-state index contributed by atoms with van der Waals surface area (Å²) in [5.74, 6) is 0.593. The molecule has 0 aliphatic heterocycles. The molecule has 2 unspecified atom stereocenters. The Morgan fingerprint density at radius 3 is 2.65 bits per heavy atom. The van der Waals surface area contributed by atoms with E-state index in [9.17, 15) is 0 Å². The van der Waals surface area contributed by atoms with Gasteiger partial charge in [0.1, 0.15) is 0 Å². The summed E-state index contributed by atoms with van der Waals surface area (Å²) in [4.78, 5) is 2.31. The molecule has 96 valence electrons. The number of nitrogens with zero attached hydrogens (tertiary/aromatic N) is 1. The molecule has 0 spiro atoms. The number of nitrogens with two attached hydrogens (primary N) is 1. The quantitative estimate of drug-likeness (QED) is 0.820. The number of hydrogen-bond donors (Lipinski definition) is 1. The van der Waals surface area contributed by atoms with Crippen molar-refractivity contribution in [2.45, 2.75) is 39.8 Å². The lowest BCUT2D eigenvalue weighted by atomic mass is 9.99. The maximum Gasteiger partial charge on any atom is 0.0231 e. The van der Waals surface area contributed by atoms with Gasteiger partial charge in [0.15, 0.2) is 0 Å². The normalized spacial score (nSPS) is 14.9. The summed E-state index contributed by atoms with van der Waals surface area (Å²) in [6.45, 7) is 8.50. The highest BCUT2D eigenvalue weighted by Gasteiger charge is 2.13. The minimum absolute atomic E-state index is 0.273. The Hall–Kier alpha value is -0.860. The van der Waals surface area contributed by atoms with E-state index in [1.54, 1.807) is 0 Å². The van der Waals surface area contributed by atoms with Crippen molar-refractivity contribution in [2.24, 2.45) is 11.7 Å². The highest BCUT2D eigenvalue weighted by atomic mass is 15.1. The maximum atomic E-state index is 6.17. The van der Waals surface area contributed by atoms with E-state index < -0.39 is 0 Å². The second-order valence-electron chi connectivity index (χ2n) is 5.24. The number of likely N-dealkylation sites (N-methyl/N-ethyl adjacent to an activating group) is 1. The Bertz CT molecular complexity index is 335. The van der Waals surface area contributed by atoms with Crippen LogP contribution in [0.3, 0.4) is 0 Å². The molecule has 0 radical (unpaired) electrons. The van der Waals surface area contributed by atoms with Gasteiger partial charge in [-0.15, -0.1) is 0 Å². The topological polar surface area (TPSA) is 29.3 Å². The fourth-order valence-corrected chi connectivity index (χ4v) is 2.03. The molecule has 0 aliphatic carbocycles. The fourth-order valence-electron chi connectivity index (χ4n) is 2.03. The average Bonchev–Trinajstić information content (AvgIpc) is 2.27. The molecule has 0 saturated carbocycles. The Morgan fingerprint density at radius 2 is 2.06 bits per heavy atom. The van der Waals surface area contributed by atoms with Crippen LogP contribution in [0.15, 0.2) is 24.3 Å². The van der Waals surface area contributed by atoms with Crippen molar-refractivity contribution in [3.05, 3.63) is 35.4 Å². The third-order valence-corrected chi connectivity index (χ3v) is 3.43. The van der Waals surface area contributed by atoms with E-state index >= 15 is 0 Å². The molecular weight excluding hydrogens is 208 g/mol. The number of rotatable bonds is 6.